The lowest BCUT2D eigenvalue weighted by Gasteiger charge is -2.23. The maximum absolute atomic E-state index is 12.7. The molecule has 6 heteroatoms. The molecule has 0 fully saturated rings. The first-order valence-electron chi connectivity index (χ1n) is 8.64. The van der Waals surface area contributed by atoms with E-state index in [0.29, 0.717) is 23.0 Å². The number of benzene rings is 2. The molecule has 0 unspecified atom stereocenters. The van der Waals surface area contributed by atoms with Gasteiger partial charge in [0.25, 0.3) is 5.91 Å². The fourth-order valence-corrected chi connectivity index (χ4v) is 2.92. The summed E-state index contributed by atoms with van der Waals surface area (Å²) < 4.78 is 0. The zero-order valence-corrected chi connectivity index (χ0v) is 15.0. The average molecular weight is 363 g/mol. The molecule has 1 aromatic heterocycles. The Kier molecular flexibility index (Phi) is 5.78. The minimum absolute atomic E-state index is 0.354. The summed E-state index contributed by atoms with van der Waals surface area (Å²) >= 11 is 0. The number of carbonyl (C=O) groups is 2. The van der Waals surface area contributed by atoms with Crippen LogP contribution in [0.5, 0.6) is 0 Å². The second kappa shape index (κ2) is 8.42. The highest BCUT2D eigenvalue weighted by Crippen LogP contribution is 2.16. The van der Waals surface area contributed by atoms with Crippen LogP contribution in [0.1, 0.15) is 15.9 Å². The van der Waals surface area contributed by atoms with Crippen molar-refractivity contribution < 1.29 is 14.7 Å². The number of rotatable bonds is 6. The number of aliphatic hydroxyl groups is 1. The molecule has 0 bridgehead atoms. The summed E-state index contributed by atoms with van der Waals surface area (Å²) in [4.78, 5) is 31.1. The van der Waals surface area contributed by atoms with Crippen LogP contribution in [0.4, 0.5) is 0 Å². The topological polar surface area (TPSA) is 82.5 Å². The third-order valence-electron chi connectivity index (χ3n) is 4.32. The van der Waals surface area contributed by atoms with Crippen molar-refractivity contribution in [3.63, 3.8) is 0 Å². The third kappa shape index (κ3) is 4.30. The number of hydrogen-bond acceptors (Lipinski definition) is 4. The van der Waals surface area contributed by atoms with Crippen LogP contribution in [-0.2, 0) is 11.3 Å². The molecular weight excluding hydrogens is 342 g/mol. The van der Waals surface area contributed by atoms with Gasteiger partial charge in [0.15, 0.2) is 0 Å². The van der Waals surface area contributed by atoms with Gasteiger partial charge in [-0.2, -0.15) is 0 Å². The van der Waals surface area contributed by atoms with Crippen molar-refractivity contribution in [2.75, 3.05) is 13.7 Å². The Morgan fingerprint density at radius 2 is 1.78 bits per heavy atom. The molecule has 2 amide bonds. The lowest BCUT2D eigenvalue weighted by Crippen LogP contribution is -2.49. The van der Waals surface area contributed by atoms with E-state index in [1.165, 1.54) is 4.90 Å². The summed E-state index contributed by atoms with van der Waals surface area (Å²) in [5.41, 5.74) is 2.08. The Hall–Kier alpha value is -3.25. The normalized spacial score (nSPS) is 11.8. The van der Waals surface area contributed by atoms with Crippen LogP contribution in [0.2, 0.25) is 0 Å². The van der Waals surface area contributed by atoms with Crippen molar-refractivity contribution in [3.05, 3.63) is 78.0 Å². The number of fused-ring (bicyclic) bond motifs is 1. The zero-order valence-electron chi connectivity index (χ0n) is 15.0. The Morgan fingerprint density at radius 1 is 1.07 bits per heavy atom. The fraction of sp³-hybridized carbons (Fsp3) is 0.190. The van der Waals surface area contributed by atoms with Crippen LogP contribution in [0.3, 0.4) is 0 Å². The molecule has 2 N–H and O–H groups in total. The Morgan fingerprint density at radius 3 is 2.52 bits per heavy atom. The number of hydrogen-bond donors (Lipinski definition) is 2. The van der Waals surface area contributed by atoms with E-state index in [0.717, 1.165) is 5.56 Å². The largest absolute Gasteiger partial charge is 0.394 e. The second-order valence-electron chi connectivity index (χ2n) is 6.26. The number of carbonyl (C=O) groups excluding carboxylic acids is 2. The first kappa shape index (κ1) is 18.5. The number of aromatic nitrogens is 1. The van der Waals surface area contributed by atoms with Crippen LogP contribution in [0.25, 0.3) is 10.9 Å². The molecular formula is C21H21N3O3. The quantitative estimate of drug-likeness (QED) is 0.702. The number of aliphatic hydroxyl groups excluding tert-OH is 1. The monoisotopic (exact) mass is 363 g/mol. The van der Waals surface area contributed by atoms with Gasteiger partial charge in [-0.3, -0.25) is 14.6 Å². The molecule has 0 saturated carbocycles. The van der Waals surface area contributed by atoms with Crippen molar-refractivity contribution in [2.45, 2.75) is 12.6 Å². The van der Waals surface area contributed by atoms with Crippen molar-refractivity contribution >= 4 is 22.7 Å². The second-order valence-corrected chi connectivity index (χ2v) is 6.26. The van der Waals surface area contributed by atoms with Crippen molar-refractivity contribution in [1.82, 2.24) is 15.2 Å². The van der Waals surface area contributed by atoms with Gasteiger partial charge in [0.05, 0.1) is 17.7 Å². The van der Waals surface area contributed by atoms with Gasteiger partial charge >= 0.3 is 0 Å². The molecule has 0 radical (unpaired) electrons. The number of para-hydroxylation sites is 1. The van der Waals surface area contributed by atoms with E-state index in [4.69, 9.17) is 0 Å². The van der Waals surface area contributed by atoms with Crippen LogP contribution in [-0.4, -0.2) is 46.5 Å². The van der Waals surface area contributed by atoms with Gasteiger partial charge < -0.3 is 15.3 Å². The third-order valence-corrected chi connectivity index (χ3v) is 4.32. The number of nitrogens with one attached hydrogen (secondary N) is 1. The highest BCUT2D eigenvalue weighted by molar-refractivity contribution is 6.07. The molecule has 138 valence electrons. The van der Waals surface area contributed by atoms with E-state index in [9.17, 15) is 14.7 Å². The van der Waals surface area contributed by atoms with Gasteiger partial charge in [-0.1, -0.05) is 48.5 Å². The minimum atomic E-state index is -1.02. The lowest BCUT2D eigenvalue weighted by molar-refractivity contribution is -0.133. The highest BCUT2D eigenvalue weighted by atomic mass is 16.3. The Labute approximate surface area is 157 Å². The van der Waals surface area contributed by atoms with Gasteiger partial charge in [-0.25, -0.2) is 0 Å². The summed E-state index contributed by atoms with van der Waals surface area (Å²) in [5, 5.41) is 13.0. The molecule has 0 aliphatic rings. The van der Waals surface area contributed by atoms with E-state index >= 15 is 0 Å². The first-order chi connectivity index (χ1) is 13.1. The van der Waals surface area contributed by atoms with Crippen molar-refractivity contribution in [3.8, 4) is 0 Å². The van der Waals surface area contributed by atoms with E-state index in [1.807, 2.05) is 48.5 Å². The first-order valence-corrected chi connectivity index (χ1v) is 8.64. The predicted molar refractivity (Wildman–Crippen MR) is 103 cm³/mol. The van der Waals surface area contributed by atoms with Crippen molar-refractivity contribution in [2.24, 2.45) is 0 Å². The lowest BCUT2D eigenvalue weighted by atomic mass is 10.1. The minimum Gasteiger partial charge on any atom is -0.394 e. The molecule has 27 heavy (non-hydrogen) atoms. The van der Waals surface area contributed by atoms with Crippen molar-refractivity contribution in [1.29, 1.82) is 0 Å². The van der Waals surface area contributed by atoms with Gasteiger partial charge in [-0.15, -0.1) is 0 Å². The molecule has 3 aromatic rings. The van der Waals surface area contributed by atoms with Gasteiger partial charge in [-0.05, 0) is 17.7 Å². The summed E-state index contributed by atoms with van der Waals surface area (Å²) in [6.45, 7) is -0.0864. The van der Waals surface area contributed by atoms with E-state index in [1.54, 1.807) is 25.4 Å². The summed E-state index contributed by atoms with van der Waals surface area (Å²) in [5.74, 6) is -0.776. The summed E-state index contributed by atoms with van der Waals surface area (Å²) in [6, 6.07) is 17.4. The number of likely N-dealkylation sites (N-methyl/N-ethyl adjacent to an activating group) is 1. The van der Waals surface area contributed by atoms with Crippen LogP contribution >= 0.6 is 0 Å². The standard InChI is InChI=1S/C21H21N3O3/c1-24(13-15-7-3-2-4-8-15)21(27)19(14-25)23-20(26)17-11-12-22-18-10-6-5-9-16(17)18/h2-12,19,25H,13-14H2,1H3,(H,23,26)/t19-/m0/s1. The molecule has 6 nitrogen and oxygen atoms in total. The van der Waals surface area contributed by atoms with E-state index in [-0.39, 0.29) is 5.91 Å². The maximum atomic E-state index is 12.7. The molecule has 1 heterocycles. The molecule has 0 saturated heterocycles. The number of nitrogens with zero attached hydrogens (tertiary/aromatic N) is 2. The number of pyridine rings is 1. The highest BCUT2D eigenvalue weighted by Gasteiger charge is 2.24. The zero-order chi connectivity index (χ0) is 19.2. The molecule has 0 aliphatic carbocycles. The SMILES string of the molecule is CN(Cc1ccccc1)C(=O)[C@H](CO)NC(=O)c1ccnc2ccccc12. The molecule has 2 aromatic carbocycles. The molecule has 0 aliphatic heterocycles. The average Bonchev–Trinajstić information content (AvgIpc) is 2.71. The van der Waals surface area contributed by atoms with Crippen LogP contribution < -0.4 is 5.32 Å². The molecule has 0 spiro atoms. The predicted octanol–water partition coefficient (Wildman–Crippen LogP) is 1.98. The Bertz CT molecular complexity index is 938. The van der Waals surface area contributed by atoms with Crippen LogP contribution in [0, 0.1) is 0 Å². The van der Waals surface area contributed by atoms with Gasteiger partial charge in [0.1, 0.15) is 6.04 Å². The molecule has 3 rings (SSSR count). The van der Waals surface area contributed by atoms with E-state index in [2.05, 4.69) is 10.3 Å². The van der Waals surface area contributed by atoms with Gasteiger partial charge in [0.2, 0.25) is 5.91 Å². The van der Waals surface area contributed by atoms with Crippen LogP contribution in [0.15, 0.2) is 66.9 Å². The smallest absolute Gasteiger partial charge is 0.252 e. The van der Waals surface area contributed by atoms with E-state index < -0.39 is 18.6 Å². The number of amides is 2. The fourth-order valence-electron chi connectivity index (χ4n) is 2.92. The van der Waals surface area contributed by atoms with Gasteiger partial charge in [0, 0.05) is 25.2 Å². The Balaban J connectivity index is 1.73. The maximum Gasteiger partial charge on any atom is 0.252 e. The summed E-state index contributed by atoms with van der Waals surface area (Å²) in [7, 11) is 1.64. The molecule has 1 atom stereocenters. The summed E-state index contributed by atoms with van der Waals surface area (Å²) in [6.07, 6.45) is 1.55.